The van der Waals surface area contributed by atoms with E-state index in [0.717, 1.165) is 5.69 Å². The summed E-state index contributed by atoms with van der Waals surface area (Å²) in [4.78, 5) is 13.8. The molecule has 1 aromatic heterocycles. The molecule has 0 spiro atoms. The molecule has 0 amide bonds. The number of ketones is 1. The summed E-state index contributed by atoms with van der Waals surface area (Å²) in [6.07, 6.45) is 0. The van der Waals surface area contributed by atoms with Gasteiger partial charge >= 0.3 is 0 Å². The molecule has 0 bridgehead atoms. The first-order chi connectivity index (χ1) is 11.8. The minimum atomic E-state index is -3.54. The Kier molecular flexibility index (Phi) is 4.66. The summed E-state index contributed by atoms with van der Waals surface area (Å²) in [5, 5.41) is 6.73. The van der Waals surface area contributed by atoms with Gasteiger partial charge in [-0.15, -0.1) is 0 Å². The first-order valence-electron chi connectivity index (χ1n) is 8.18. The molecule has 7 nitrogen and oxygen atoms in total. The molecule has 1 aliphatic rings. The highest BCUT2D eigenvalue weighted by molar-refractivity contribution is 7.89. The molecule has 1 N–H and O–H groups in total. The smallest absolute Gasteiger partial charge is 0.246 e. The van der Waals surface area contributed by atoms with E-state index in [2.05, 4.69) is 15.1 Å². The van der Waals surface area contributed by atoms with Crippen molar-refractivity contribution in [1.29, 1.82) is 0 Å². The van der Waals surface area contributed by atoms with E-state index in [0.29, 0.717) is 43.1 Å². The summed E-state index contributed by atoms with van der Waals surface area (Å²) in [5.41, 5.74) is 2.74. The number of hydrogen-bond acceptors (Lipinski definition) is 5. The summed E-state index contributed by atoms with van der Waals surface area (Å²) in [5.74, 6) is 0.0355. The van der Waals surface area contributed by atoms with Crippen molar-refractivity contribution in [2.24, 2.45) is 0 Å². The number of piperazine rings is 1. The highest BCUT2D eigenvalue weighted by Gasteiger charge is 2.32. The Balaban J connectivity index is 1.72. The Labute approximate surface area is 147 Å². The van der Waals surface area contributed by atoms with Gasteiger partial charge in [0.15, 0.2) is 5.78 Å². The molecule has 0 aliphatic carbocycles. The number of sulfonamides is 1. The van der Waals surface area contributed by atoms with E-state index in [1.165, 1.54) is 4.31 Å². The van der Waals surface area contributed by atoms with Gasteiger partial charge in [-0.05, 0) is 45.0 Å². The monoisotopic (exact) mass is 362 g/mol. The Morgan fingerprint density at radius 1 is 1.08 bits per heavy atom. The molecule has 0 atom stereocenters. The maximum Gasteiger partial charge on any atom is 0.246 e. The van der Waals surface area contributed by atoms with E-state index < -0.39 is 10.0 Å². The van der Waals surface area contributed by atoms with Crippen molar-refractivity contribution in [1.82, 2.24) is 14.5 Å². The second-order valence-corrected chi connectivity index (χ2v) is 8.13. The van der Waals surface area contributed by atoms with Gasteiger partial charge in [-0.3, -0.25) is 9.89 Å². The van der Waals surface area contributed by atoms with Crippen LogP contribution < -0.4 is 4.90 Å². The number of aryl methyl sites for hydroxylation is 2. The fourth-order valence-corrected chi connectivity index (χ4v) is 4.90. The molecule has 0 radical (unpaired) electrons. The number of aromatic nitrogens is 2. The molecule has 134 valence electrons. The quantitative estimate of drug-likeness (QED) is 0.837. The minimum absolute atomic E-state index is 0.0355. The molecule has 0 unspecified atom stereocenters. The number of benzene rings is 1. The van der Waals surface area contributed by atoms with Crippen molar-refractivity contribution in [3.8, 4) is 0 Å². The number of nitrogens with zero attached hydrogens (tertiary/aromatic N) is 3. The Bertz CT molecular complexity index is 860. The van der Waals surface area contributed by atoms with Gasteiger partial charge in [0.1, 0.15) is 4.90 Å². The van der Waals surface area contributed by atoms with Crippen LogP contribution in [0.1, 0.15) is 28.7 Å². The van der Waals surface area contributed by atoms with E-state index in [-0.39, 0.29) is 10.7 Å². The number of hydrogen-bond donors (Lipinski definition) is 1. The molecule has 25 heavy (non-hydrogen) atoms. The molecule has 2 aromatic rings. The van der Waals surface area contributed by atoms with Crippen molar-refractivity contribution in [3.63, 3.8) is 0 Å². The number of nitrogens with one attached hydrogen (secondary N) is 1. The van der Waals surface area contributed by atoms with Crippen LogP contribution in [0.3, 0.4) is 0 Å². The predicted octanol–water partition coefficient (Wildman–Crippen LogP) is 1.74. The normalized spacial score (nSPS) is 16.2. The largest absolute Gasteiger partial charge is 0.369 e. The number of Topliss-reactive ketones (excluding diaryl/α,β-unsaturated/α-hetero) is 1. The van der Waals surface area contributed by atoms with Crippen molar-refractivity contribution in [2.45, 2.75) is 25.7 Å². The molecule has 0 saturated carbocycles. The molecule has 2 heterocycles. The maximum absolute atomic E-state index is 12.9. The van der Waals surface area contributed by atoms with Crippen molar-refractivity contribution in [2.75, 3.05) is 31.1 Å². The molecule has 1 saturated heterocycles. The summed E-state index contributed by atoms with van der Waals surface area (Å²) >= 11 is 0. The van der Waals surface area contributed by atoms with Crippen molar-refractivity contribution >= 4 is 21.5 Å². The van der Waals surface area contributed by atoms with Crippen LogP contribution in [0, 0.1) is 13.8 Å². The second-order valence-electron chi connectivity index (χ2n) is 6.26. The van der Waals surface area contributed by atoms with Crippen LogP contribution in [0.2, 0.25) is 0 Å². The van der Waals surface area contributed by atoms with E-state index in [1.54, 1.807) is 32.9 Å². The fraction of sp³-hybridized carbons (Fsp3) is 0.412. The number of H-pyrrole nitrogens is 1. The lowest BCUT2D eigenvalue weighted by molar-refractivity contribution is 0.101. The molecular weight excluding hydrogens is 340 g/mol. The average molecular weight is 362 g/mol. The van der Waals surface area contributed by atoms with Crippen LogP contribution in [-0.4, -0.2) is 54.9 Å². The van der Waals surface area contributed by atoms with E-state index in [1.807, 2.05) is 12.1 Å². The van der Waals surface area contributed by atoms with Crippen molar-refractivity contribution < 1.29 is 13.2 Å². The van der Waals surface area contributed by atoms with Crippen LogP contribution in [-0.2, 0) is 10.0 Å². The minimum Gasteiger partial charge on any atom is -0.369 e. The van der Waals surface area contributed by atoms with Crippen molar-refractivity contribution in [3.05, 3.63) is 41.2 Å². The zero-order valence-electron chi connectivity index (χ0n) is 14.6. The van der Waals surface area contributed by atoms with Gasteiger partial charge in [0, 0.05) is 37.4 Å². The predicted molar refractivity (Wildman–Crippen MR) is 95.5 cm³/mol. The van der Waals surface area contributed by atoms with Crippen LogP contribution in [0.25, 0.3) is 0 Å². The Morgan fingerprint density at radius 3 is 2.16 bits per heavy atom. The SMILES string of the molecule is CC(=O)c1ccc(N2CCN(S(=O)(=O)c3c(C)n[nH]c3C)CC2)cc1. The topological polar surface area (TPSA) is 86.4 Å². The zero-order chi connectivity index (χ0) is 18.2. The molecular formula is C17H22N4O3S. The number of carbonyl (C=O) groups is 1. The fourth-order valence-electron chi connectivity index (χ4n) is 3.14. The maximum atomic E-state index is 12.9. The number of anilines is 1. The molecule has 1 fully saturated rings. The van der Waals surface area contributed by atoms with Gasteiger partial charge in [0.05, 0.1) is 11.4 Å². The third kappa shape index (κ3) is 3.32. The lowest BCUT2D eigenvalue weighted by Crippen LogP contribution is -2.48. The second kappa shape index (κ2) is 6.61. The highest BCUT2D eigenvalue weighted by Crippen LogP contribution is 2.24. The number of carbonyl (C=O) groups excluding carboxylic acids is 1. The lowest BCUT2D eigenvalue weighted by Gasteiger charge is -2.35. The first-order valence-corrected chi connectivity index (χ1v) is 9.62. The molecule has 3 rings (SSSR count). The van der Waals surface area contributed by atoms with Crippen LogP contribution in [0.4, 0.5) is 5.69 Å². The van der Waals surface area contributed by atoms with Gasteiger partial charge < -0.3 is 4.90 Å². The lowest BCUT2D eigenvalue weighted by atomic mass is 10.1. The van der Waals surface area contributed by atoms with Gasteiger partial charge in [-0.1, -0.05) is 0 Å². The molecule has 1 aliphatic heterocycles. The molecule has 8 heteroatoms. The number of rotatable bonds is 4. The van der Waals surface area contributed by atoms with Crippen LogP contribution >= 0.6 is 0 Å². The summed E-state index contributed by atoms with van der Waals surface area (Å²) in [6, 6.07) is 7.43. The van der Waals surface area contributed by atoms with Gasteiger partial charge in [-0.25, -0.2) is 8.42 Å². The average Bonchev–Trinajstić information content (AvgIpc) is 2.94. The zero-order valence-corrected chi connectivity index (χ0v) is 15.4. The van der Waals surface area contributed by atoms with E-state index in [9.17, 15) is 13.2 Å². The number of aromatic amines is 1. The van der Waals surface area contributed by atoms with Gasteiger partial charge in [-0.2, -0.15) is 9.40 Å². The summed E-state index contributed by atoms with van der Waals surface area (Å²) in [7, 11) is -3.54. The highest BCUT2D eigenvalue weighted by atomic mass is 32.2. The molecule has 1 aromatic carbocycles. The van der Waals surface area contributed by atoms with Gasteiger partial charge in [0.2, 0.25) is 10.0 Å². The third-order valence-corrected chi connectivity index (χ3v) is 6.70. The standard InChI is InChI=1S/C17H22N4O3S/c1-12-17(13(2)19-18-12)25(23,24)21-10-8-20(9-11-21)16-6-4-15(5-7-16)14(3)22/h4-7H,8-11H2,1-3H3,(H,18,19). The van der Waals surface area contributed by atoms with E-state index >= 15 is 0 Å². The summed E-state index contributed by atoms with van der Waals surface area (Å²) in [6.45, 7) is 7.01. The van der Waals surface area contributed by atoms with Crippen LogP contribution in [0.15, 0.2) is 29.2 Å². The van der Waals surface area contributed by atoms with Gasteiger partial charge in [0.25, 0.3) is 0 Å². The Hall–Kier alpha value is -2.19. The first kappa shape index (κ1) is 17.6. The Morgan fingerprint density at radius 2 is 1.68 bits per heavy atom. The summed E-state index contributed by atoms with van der Waals surface area (Å²) < 4.78 is 27.2. The third-order valence-electron chi connectivity index (χ3n) is 4.54. The van der Waals surface area contributed by atoms with E-state index in [4.69, 9.17) is 0 Å². The van der Waals surface area contributed by atoms with Crippen LogP contribution in [0.5, 0.6) is 0 Å².